The Bertz CT molecular complexity index is 915. The molecule has 2 amide bonds. The molecule has 0 aliphatic carbocycles. The van der Waals surface area contributed by atoms with E-state index in [9.17, 15) is 9.59 Å². The summed E-state index contributed by atoms with van der Waals surface area (Å²) in [5.41, 5.74) is 1.00. The first-order chi connectivity index (χ1) is 12.5. The highest BCUT2D eigenvalue weighted by Gasteiger charge is 2.21. The Labute approximate surface area is 156 Å². The van der Waals surface area contributed by atoms with Crippen LogP contribution in [0.25, 0.3) is 0 Å². The van der Waals surface area contributed by atoms with E-state index in [4.69, 9.17) is 4.42 Å². The van der Waals surface area contributed by atoms with Gasteiger partial charge in [-0.15, -0.1) is 11.3 Å². The minimum atomic E-state index is -0.275. The van der Waals surface area contributed by atoms with Gasteiger partial charge >= 0.3 is 0 Å². The molecule has 0 spiro atoms. The van der Waals surface area contributed by atoms with Crippen LogP contribution < -0.4 is 10.2 Å². The fourth-order valence-corrected chi connectivity index (χ4v) is 3.36. The molecule has 0 aliphatic rings. The van der Waals surface area contributed by atoms with Crippen LogP contribution in [-0.4, -0.2) is 18.9 Å². The first-order valence-electron chi connectivity index (χ1n) is 8.25. The van der Waals surface area contributed by atoms with E-state index in [0.717, 1.165) is 5.76 Å². The molecule has 2 heterocycles. The summed E-state index contributed by atoms with van der Waals surface area (Å²) < 4.78 is 5.57. The van der Waals surface area contributed by atoms with Crippen LogP contribution in [0.15, 0.2) is 58.3 Å². The highest BCUT2D eigenvalue weighted by molar-refractivity contribution is 7.12. The molecule has 0 saturated heterocycles. The SMILES string of the molecule is Cc1ccc(C(C)NC(=O)c2ccccc2N(C)C(=O)c2cccs2)o1. The summed E-state index contributed by atoms with van der Waals surface area (Å²) in [7, 11) is 1.67. The van der Waals surface area contributed by atoms with Crippen molar-refractivity contribution in [3.63, 3.8) is 0 Å². The Hall–Kier alpha value is -2.86. The smallest absolute Gasteiger partial charge is 0.268 e. The molecular formula is C20H20N2O3S. The first-order valence-corrected chi connectivity index (χ1v) is 9.13. The summed E-state index contributed by atoms with van der Waals surface area (Å²) in [4.78, 5) is 27.5. The van der Waals surface area contributed by atoms with Crippen LogP contribution >= 0.6 is 11.3 Å². The number of furan rings is 1. The van der Waals surface area contributed by atoms with Gasteiger partial charge in [-0.1, -0.05) is 18.2 Å². The molecule has 5 nitrogen and oxygen atoms in total. The van der Waals surface area contributed by atoms with Crippen molar-refractivity contribution in [1.82, 2.24) is 5.32 Å². The fourth-order valence-electron chi connectivity index (χ4n) is 2.66. The third-order valence-electron chi connectivity index (χ3n) is 4.08. The van der Waals surface area contributed by atoms with Crippen LogP contribution in [0.1, 0.15) is 44.5 Å². The monoisotopic (exact) mass is 368 g/mol. The van der Waals surface area contributed by atoms with E-state index in [2.05, 4.69) is 5.32 Å². The molecule has 0 radical (unpaired) electrons. The number of anilines is 1. The number of thiophene rings is 1. The number of amides is 2. The Morgan fingerprint density at radius 3 is 2.54 bits per heavy atom. The van der Waals surface area contributed by atoms with Crippen molar-refractivity contribution in [2.45, 2.75) is 19.9 Å². The number of para-hydroxylation sites is 1. The largest absolute Gasteiger partial charge is 0.464 e. The lowest BCUT2D eigenvalue weighted by Crippen LogP contribution is -2.31. The molecule has 1 unspecified atom stereocenters. The second kappa shape index (κ2) is 7.58. The molecule has 3 aromatic rings. The Morgan fingerprint density at radius 2 is 1.88 bits per heavy atom. The van der Waals surface area contributed by atoms with E-state index < -0.39 is 0 Å². The normalized spacial score (nSPS) is 11.8. The van der Waals surface area contributed by atoms with Gasteiger partial charge in [0.1, 0.15) is 11.5 Å². The molecule has 134 valence electrons. The zero-order valence-electron chi connectivity index (χ0n) is 14.9. The zero-order valence-corrected chi connectivity index (χ0v) is 15.7. The molecule has 3 rings (SSSR count). The number of hydrogen-bond acceptors (Lipinski definition) is 4. The number of aryl methyl sites for hydroxylation is 1. The molecule has 26 heavy (non-hydrogen) atoms. The molecule has 0 aliphatic heterocycles. The highest BCUT2D eigenvalue weighted by Crippen LogP contribution is 2.24. The Balaban J connectivity index is 1.82. The van der Waals surface area contributed by atoms with E-state index in [-0.39, 0.29) is 17.9 Å². The zero-order chi connectivity index (χ0) is 18.7. The van der Waals surface area contributed by atoms with Gasteiger partial charge in [-0.3, -0.25) is 9.59 Å². The molecule has 0 bridgehead atoms. The number of nitrogens with one attached hydrogen (secondary N) is 1. The summed E-state index contributed by atoms with van der Waals surface area (Å²) in [6.07, 6.45) is 0. The Kier molecular flexibility index (Phi) is 5.23. The minimum Gasteiger partial charge on any atom is -0.464 e. The second-order valence-corrected chi connectivity index (χ2v) is 6.95. The first kappa shape index (κ1) is 17.9. The lowest BCUT2D eigenvalue weighted by atomic mass is 10.1. The number of carbonyl (C=O) groups is 2. The van der Waals surface area contributed by atoms with Crippen LogP contribution in [0.2, 0.25) is 0 Å². The predicted octanol–water partition coefficient (Wildman–Crippen LogP) is 4.42. The van der Waals surface area contributed by atoms with Crippen LogP contribution in [-0.2, 0) is 0 Å². The van der Waals surface area contributed by atoms with Gasteiger partial charge in [0, 0.05) is 7.05 Å². The quantitative estimate of drug-likeness (QED) is 0.725. The fraction of sp³-hybridized carbons (Fsp3) is 0.200. The van der Waals surface area contributed by atoms with E-state index in [0.29, 0.717) is 21.9 Å². The molecule has 6 heteroatoms. The summed E-state index contributed by atoms with van der Waals surface area (Å²) in [6, 6.07) is 14.1. The van der Waals surface area contributed by atoms with Crippen LogP contribution in [0.5, 0.6) is 0 Å². The molecule has 0 fully saturated rings. The third-order valence-corrected chi connectivity index (χ3v) is 4.94. The maximum atomic E-state index is 12.8. The number of nitrogens with zero attached hydrogens (tertiary/aromatic N) is 1. The van der Waals surface area contributed by atoms with Gasteiger partial charge in [-0.25, -0.2) is 0 Å². The van der Waals surface area contributed by atoms with Gasteiger partial charge in [0.25, 0.3) is 11.8 Å². The minimum absolute atomic E-state index is 0.144. The third kappa shape index (κ3) is 3.70. The van der Waals surface area contributed by atoms with E-state index >= 15 is 0 Å². The topological polar surface area (TPSA) is 62.6 Å². The van der Waals surface area contributed by atoms with Gasteiger partial charge < -0.3 is 14.6 Å². The second-order valence-electron chi connectivity index (χ2n) is 6.00. The average Bonchev–Trinajstić information content (AvgIpc) is 3.32. The standard InChI is InChI=1S/C20H20N2O3S/c1-13-10-11-17(25-13)14(2)21-19(23)15-7-4-5-8-16(15)22(3)20(24)18-9-6-12-26-18/h4-12,14H,1-3H3,(H,21,23). The van der Waals surface area contributed by atoms with Gasteiger partial charge in [0.05, 0.1) is 22.2 Å². The van der Waals surface area contributed by atoms with Gasteiger partial charge in [0.2, 0.25) is 0 Å². The maximum absolute atomic E-state index is 12.8. The Morgan fingerprint density at radius 1 is 1.12 bits per heavy atom. The highest BCUT2D eigenvalue weighted by atomic mass is 32.1. The van der Waals surface area contributed by atoms with E-state index in [1.54, 1.807) is 31.3 Å². The van der Waals surface area contributed by atoms with Crippen molar-refractivity contribution in [2.24, 2.45) is 0 Å². The van der Waals surface area contributed by atoms with Crippen molar-refractivity contribution in [3.8, 4) is 0 Å². The van der Waals surface area contributed by atoms with Crippen molar-refractivity contribution >= 4 is 28.8 Å². The molecule has 1 N–H and O–H groups in total. The molecular weight excluding hydrogens is 348 g/mol. The van der Waals surface area contributed by atoms with Gasteiger partial charge in [0.15, 0.2) is 0 Å². The summed E-state index contributed by atoms with van der Waals surface area (Å²) in [6.45, 7) is 3.72. The van der Waals surface area contributed by atoms with Crippen molar-refractivity contribution in [1.29, 1.82) is 0 Å². The molecule has 2 aromatic heterocycles. The van der Waals surface area contributed by atoms with Crippen molar-refractivity contribution < 1.29 is 14.0 Å². The van der Waals surface area contributed by atoms with Crippen LogP contribution in [0, 0.1) is 6.92 Å². The van der Waals surface area contributed by atoms with Gasteiger partial charge in [-0.05, 0) is 49.6 Å². The number of carbonyl (C=O) groups excluding carboxylic acids is 2. The lowest BCUT2D eigenvalue weighted by molar-refractivity contribution is 0.0935. The van der Waals surface area contributed by atoms with Crippen molar-refractivity contribution in [2.75, 3.05) is 11.9 Å². The molecule has 1 atom stereocenters. The predicted molar refractivity (Wildman–Crippen MR) is 103 cm³/mol. The average molecular weight is 368 g/mol. The summed E-state index contributed by atoms with van der Waals surface area (Å²) in [5.74, 6) is 1.09. The molecule has 1 aromatic carbocycles. The van der Waals surface area contributed by atoms with Crippen LogP contribution in [0.4, 0.5) is 5.69 Å². The van der Waals surface area contributed by atoms with E-state index in [1.165, 1.54) is 16.2 Å². The number of hydrogen-bond donors (Lipinski definition) is 1. The lowest BCUT2D eigenvalue weighted by Gasteiger charge is -2.20. The number of rotatable bonds is 5. The molecule has 0 saturated carbocycles. The van der Waals surface area contributed by atoms with Gasteiger partial charge in [-0.2, -0.15) is 0 Å². The van der Waals surface area contributed by atoms with Crippen molar-refractivity contribution in [3.05, 3.63) is 75.9 Å². The maximum Gasteiger partial charge on any atom is 0.268 e. The summed E-state index contributed by atoms with van der Waals surface area (Å²) in [5, 5.41) is 4.78. The summed E-state index contributed by atoms with van der Waals surface area (Å²) >= 11 is 1.37. The number of benzene rings is 1. The van der Waals surface area contributed by atoms with E-state index in [1.807, 2.05) is 43.5 Å². The van der Waals surface area contributed by atoms with Crippen LogP contribution in [0.3, 0.4) is 0 Å².